The van der Waals surface area contributed by atoms with Crippen LogP contribution in [0.25, 0.3) is 11.6 Å². The molecule has 0 amide bonds. The van der Waals surface area contributed by atoms with Gasteiger partial charge in [0, 0.05) is 22.7 Å². The summed E-state index contributed by atoms with van der Waals surface area (Å²) in [5.74, 6) is 1.56. The predicted octanol–water partition coefficient (Wildman–Crippen LogP) is 3.84. The number of nitrogens with zero attached hydrogens (tertiary/aromatic N) is 2. The Balaban J connectivity index is 1.93. The van der Waals surface area contributed by atoms with Crippen LogP contribution < -0.4 is 9.47 Å². The summed E-state index contributed by atoms with van der Waals surface area (Å²) in [5.41, 5.74) is 3.41. The third kappa shape index (κ3) is 2.87. The molecule has 0 atom stereocenters. The number of allylic oxidation sites excluding steroid dienone is 1. The molecule has 1 aromatic heterocycles. The lowest BCUT2D eigenvalue weighted by molar-refractivity contribution is 0.346. The SMILES string of the molecule is COc1ccc2c(c1)OCC(/C=C(\C#N)c1nc(C)cs1)=C2. The van der Waals surface area contributed by atoms with Gasteiger partial charge in [-0.3, -0.25) is 0 Å². The molecule has 5 heteroatoms. The molecule has 110 valence electrons. The van der Waals surface area contributed by atoms with E-state index in [0.717, 1.165) is 33.3 Å². The van der Waals surface area contributed by atoms with Crippen LogP contribution >= 0.6 is 11.3 Å². The van der Waals surface area contributed by atoms with E-state index in [1.165, 1.54) is 11.3 Å². The molecule has 3 rings (SSSR count). The fourth-order valence-electron chi connectivity index (χ4n) is 2.18. The number of methoxy groups -OCH3 is 1. The zero-order valence-corrected chi connectivity index (χ0v) is 13.1. The van der Waals surface area contributed by atoms with Crippen molar-refractivity contribution >= 4 is 23.0 Å². The number of fused-ring (bicyclic) bond motifs is 1. The minimum atomic E-state index is 0.426. The van der Waals surface area contributed by atoms with Gasteiger partial charge in [0.15, 0.2) is 0 Å². The van der Waals surface area contributed by atoms with Gasteiger partial charge < -0.3 is 9.47 Å². The Bertz CT molecular complexity index is 812. The van der Waals surface area contributed by atoms with E-state index in [-0.39, 0.29) is 0 Å². The van der Waals surface area contributed by atoms with Gasteiger partial charge in [0.1, 0.15) is 29.2 Å². The lowest BCUT2D eigenvalue weighted by Crippen LogP contribution is -2.06. The maximum absolute atomic E-state index is 9.35. The Kier molecular flexibility index (Phi) is 3.94. The minimum Gasteiger partial charge on any atom is -0.497 e. The Hall–Kier alpha value is -2.58. The summed E-state index contributed by atoms with van der Waals surface area (Å²) in [5, 5.41) is 12.0. The van der Waals surface area contributed by atoms with Crippen LogP contribution in [0.4, 0.5) is 0 Å². The molecule has 0 spiro atoms. The fourth-order valence-corrected chi connectivity index (χ4v) is 2.94. The van der Waals surface area contributed by atoms with Crippen molar-refractivity contribution in [1.29, 1.82) is 5.26 Å². The summed E-state index contributed by atoms with van der Waals surface area (Å²) in [6.45, 7) is 2.34. The third-order valence-electron chi connectivity index (χ3n) is 3.26. The normalized spacial score (nSPS) is 13.7. The summed E-state index contributed by atoms with van der Waals surface area (Å²) in [7, 11) is 1.63. The molecule has 2 heterocycles. The van der Waals surface area contributed by atoms with Gasteiger partial charge in [-0.15, -0.1) is 11.3 Å². The molecule has 0 bridgehead atoms. The zero-order chi connectivity index (χ0) is 15.5. The van der Waals surface area contributed by atoms with Crippen LogP contribution in [0.5, 0.6) is 11.5 Å². The molecule has 0 radical (unpaired) electrons. The van der Waals surface area contributed by atoms with Gasteiger partial charge >= 0.3 is 0 Å². The summed E-state index contributed by atoms with van der Waals surface area (Å²) in [6.07, 6.45) is 3.86. The number of ether oxygens (including phenoxy) is 2. The highest BCUT2D eigenvalue weighted by molar-refractivity contribution is 7.10. The smallest absolute Gasteiger partial charge is 0.134 e. The lowest BCUT2D eigenvalue weighted by atomic mass is 10.1. The summed E-state index contributed by atoms with van der Waals surface area (Å²) >= 11 is 1.47. The van der Waals surface area contributed by atoms with Crippen LogP contribution in [-0.2, 0) is 0 Å². The van der Waals surface area contributed by atoms with Crippen LogP contribution in [0.15, 0.2) is 35.2 Å². The van der Waals surface area contributed by atoms with Crippen molar-refractivity contribution in [3.8, 4) is 17.6 Å². The number of aromatic nitrogens is 1. The molecule has 1 aliphatic heterocycles. The quantitative estimate of drug-likeness (QED) is 0.808. The maximum atomic E-state index is 9.35. The number of hydrogen-bond donors (Lipinski definition) is 0. The first kappa shape index (κ1) is 14.4. The number of rotatable bonds is 3. The second-order valence-corrected chi connectivity index (χ2v) is 5.73. The van der Waals surface area contributed by atoms with Crippen molar-refractivity contribution in [3.63, 3.8) is 0 Å². The van der Waals surface area contributed by atoms with Crippen molar-refractivity contribution in [2.45, 2.75) is 6.92 Å². The van der Waals surface area contributed by atoms with Gasteiger partial charge in [-0.05, 0) is 36.8 Å². The van der Waals surface area contributed by atoms with Crippen LogP contribution in [-0.4, -0.2) is 18.7 Å². The highest BCUT2D eigenvalue weighted by Gasteiger charge is 2.13. The van der Waals surface area contributed by atoms with Gasteiger partial charge in [0.05, 0.1) is 12.7 Å². The summed E-state index contributed by atoms with van der Waals surface area (Å²) < 4.78 is 10.9. The second kappa shape index (κ2) is 6.04. The molecule has 0 aliphatic carbocycles. The first-order valence-corrected chi connectivity index (χ1v) is 7.63. The molecule has 22 heavy (non-hydrogen) atoms. The van der Waals surface area contributed by atoms with E-state index in [2.05, 4.69) is 11.1 Å². The van der Waals surface area contributed by atoms with Gasteiger partial charge in [0.2, 0.25) is 0 Å². The van der Waals surface area contributed by atoms with Crippen LogP contribution in [0.3, 0.4) is 0 Å². The molecule has 0 unspecified atom stereocenters. The van der Waals surface area contributed by atoms with E-state index in [0.29, 0.717) is 12.2 Å². The third-order valence-corrected chi connectivity index (χ3v) is 4.25. The molecule has 4 nitrogen and oxygen atoms in total. The van der Waals surface area contributed by atoms with Crippen molar-refractivity contribution in [3.05, 3.63) is 51.5 Å². The number of nitriles is 1. The fraction of sp³-hybridized carbons (Fsp3) is 0.176. The molecule has 1 aromatic carbocycles. The molecule has 0 saturated heterocycles. The lowest BCUT2D eigenvalue weighted by Gasteiger charge is -2.17. The molecule has 0 N–H and O–H groups in total. The Morgan fingerprint density at radius 1 is 1.50 bits per heavy atom. The highest BCUT2D eigenvalue weighted by Crippen LogP contribution is 2.31. The highest BCUT2D eigenvalue weighted by atomic mass is 32.1. The minimum absolute atomic E-state index is 0.426. The number of aryl methyl sites for hydroxylation is 1. The van der Waals surface area contributed by atoms with Crippen molar-refractivity contribution in [2.24, 2.45) is 0 Å². The van der Waals surface area contributed by atoms with Crippen LogP contribution in [0.1, 0.15) is 16.3 Å². The van der Waals surface area contributed by atoms with Gasteiger partial charge in [-0.1, -0.05) is 0 Å². The second-order valence-electron chi connectivity index (χ2n) is 4.88. The predicted molar refractivity (Wildman–Crippen MR) is 86.9 cm³/mol. The van der Waals surface area contributed by atoms with Gasteiger partial charge in [-0.25, -0.2) is 4.98 Å². The van der Waals surface area contributed by atoms with Crippen molar-refractivity contribution in [1.82, 2.24) is 4.98 Å². The monoisotopic (exact) mass is 310 g/mol. The number of thiazole rings is 1. The van der Waals surface area contributed by atoms with Crippen LogP contribution in [0.2, 0.25) is 0 Å². The van der Waals surface area contributed by atoms with E-state index < -0.39 is 0 Å². The first-order chi connectivity index (χ1) is 10.7. The standard InChI is InChI=1S/C17H14N2O2S/c1-11-10-22-17(19-11)14(8-18)6-12-5-13-3-4-15(20-2)7-16(13)21-9-12/h3-7,10H,9H2,1-2H3/b14-6+. The Morgan fingerprint density at radius 3 is 3.05 bits per heavy atom. The molecule has 0 saturated carbocycles. The zero-order valence-electron chi connectivity index (χ0n) is 12.3. The summed E-state index contributed by atoms with van der Waals surface area (Å²) in [6, 6.07) is 7.91. The average Bonchev–Trinajstić information content (AvgIpc) is 2.98. The van der Waals surface area contributed by atoms with E-state index in [9.17, 15) is 5.26 Å². The molecule has 2 aromatic rings. The first-order valence-electron chi connectivity index (χ1n) is 6.75. The molecular weight excluding hydrogens is 296 g/mol. The van der Waals surface area contributed by atoms with E-state index >= 15 is 0 Å². The van der Waals surface area contributed by atoms with Crippen LogP contribution in [0, 0.1) is 18.3 Å². The van der Waals surface area contributed by atoms with Gasteiger partial charge in [0.25, 0.3) is 0 Å². The summed E-state index contributed by atoms with van der Waals surface area (Å²) in [4.78, 5) is 4.36. The van der Waals surface area contributed by atoms with Crippen molar-refractivity contribution < 1.29 is 9.47 Å². The number of benzene rings is 1. The molecule has 1 aliphatic rings. The van der Waals surface area contributed by atoms with E-state index in [1.807, 2.05) is 42.7 Å². The Labute approximate surface area is 133 Å². The molecular formula is C17H14N2O2S. The topological polar surface area (TPSA) is 55.1 Å². The largest absolute Gasteiger partial charge is 0.497 e. The van der Waals surface area contributed by atoms with Gasteiger partial charge in [-0.2, -0.15) is 5.26 Å². The maximum Gasteiger partial charge on any atom is 0.134 e. The van der Waals surface area contributed by atoms with Crippen molar-refractivity contribution in [2.75, 3.05) is 13.7 Å². The average molecular weight is 310 g/mol. The molecule has 0 fully saturated rings. The van der Waals surface area contributed by atoms with E-state index in [4.69, 9.17) is 9.47 Å². The Morgan fingerprint density at radius 2 is 2.36 bits per heavy atom. The van der Waals surface area contributed by atoms with E-state index in [1.54, 1.807) is 7.11 Å². The number of hydrogen-bond acceptors (Lipinski definition) is 5.